The van der Waals surface area contributed by atoms with Crippen molar-refractivity contribution < 1.29 is 9.53 Å². The normalized spacial score (nSPS) is 10.9. The summed E-state index contributed by atoms with van der Waals surface area (Å²) in [6.45, 7) is 0. The molecule has 2 aromatic heterocycles. The lowest BCUT2D eigenvalue weighted by Gasteiger charge is -2.03. The molecule has 0 spiro atoms. The number of carbonyl (C=O) groups is 1. The maximum Gasteiger partial charge on any atom is 0.276 e. The number of nitrogens with zero attached hydrogens (tertiary/aromatic N) is 3. The molecule has 18 heavy (non-hydrogen) atoms. The van der Waals surface area contributed by atoms with Gasteiger partial charge in [0.15, 0.2) is 17.5 Å². The predicted octanol–water partition coefficient (Wildman–Crippen LogP) is 0.392. The first kappa shape index (κ1) is 10.5. The molecule has 0 bridgehead atoms. The van der Waals surface area contributed by atoms with Crippen molar-refractivity contribution in [1.82, 2.24) is 19.8 Å². The van der Waals surface area contributed by atoms with Crippen molar-refractivity contribution in [3.63, 3.8) is 0 Å². The Bertz CT molecular complexity index is 818. The van der Waals surface area contributed by atoms with Gasteiger partial charge in [-0.05, 0) is 12.1 Å². The van der Waals surface area contributed by atoms with E-state index in [1.54, 1.807) is 18.2 Å². The van der Waals surface area contributed by atoms with Crippen LogP contribution in [-0.2, 0) is 0 Å². The van der Waals surface area contributed by atoms with Gasteiger partial charge in [0.25, 0.3) is 5.56 Å². The molecular weight excluding hydrogens is 236 g/mol. The standard InChI is InChI=1S/C11H8N4O3/c1-18-6-2-3-9-7(4-6)12-11(17)10-8(5-16)13-14-15(9)10/h2-5H,1H3,(H,12,17). The van der Waals surface area contributed by atoms with Crippen LogP contribution in [0.25, 0.3) is 16.6 Å². The maximum atomic E-state index is 11.9. The second-order valence-electron chi connectivity index (χ2n) is 3.69. The van der Waals surface area contributed by atoms with Crippen LogP contribution in [0.4, 0.5) is 0 Å². The van der Waals surface area contributed by atoms with Crippen LogP contribution in [0.2, 0.25) is 0 Å². The Morgan fingerprint density at radius 3 is 3.00 bits per heavy atom. The number of hydrogen-bond donors (Lipinski definition) is 1. The van der Waals surface area contributed by atoms with E-state index in [0.717, 1.165) is 0 Å². The van der Waals surface area contributed by atoms with E-state index in [4.69, 9.17) is 4.74 Å². The van der Waals surface area contributed by atoms with E-state index in [1.165, 1.54) is 11.6 Å². The second kappa shape index (κ2) is 3.66. The molecule has 0 aliphatic heterocycles. The smallest absolute Gasteiger partial charge is 0.276 e. The average molecular weight is 244 g/mol. The van der Waals surface area contributed by atoms with Crippen molar-refractivity contribution in [2.45, 2.75) is 0 Å². The van der Waals surface area contributed by atoms with Gasteiger partial charge in [-0.25, -0.2) is 4.52 Å². The van der Waals surface area contributed by atoms with Crippen LogP contribution in [0.1, 0.15) is 10.5 Å². The Morgan fingerprint density at radius 1 is 1.44 bits per heavy atom. The Kier molecular flexibility index (Phi) is 2.12. The van der Waals surface area contributed by atoms with E-state index in [-0.39, 0.29) is 11.2 Å². The third kappa shape index (κ3) is 1.30. The molecule has 1 N–H and O–H groups in total. The SMILES string of the molecule is COc1ccc2c(c1)[nH]c(=O)c1c(C=O)nnn12. The zero-order valence-corrected chi connectivity index (χ0v) is 9.38. The van der Waals surface area contributed by atoms with Gasteiger partial charge in [-0.3, -0.25) is 9.59 Å². The summed E-state index contributed by atoms with van der Waals surface area (Å²) >= 11 is 0. The van der Waals surface area contributed by atoms with Gasteiger partial charge in [0, 0.05) is 6.07 Å². The average Bonchev–Trinajstić information content (AvgIpc) is 2.82. The number of aldehydes is 1. The number of nitrogens with one attached hydrogen (secondary N) is 1. The minimum atomic E-state index is -0.414. The lowest BCUT2D eigenvalue weighted by atomic mass is 10.2. The summed E-state index contributed by atoms with van der Waals surface area (Å²) in [5, 5.41) is 7.47. The predicted molar refractivity (Wildman–Crippen MR) is 63.1 cm³/mol. The molecule has 0 aliphatic rings. The summed E-state index contributed by atoms with van der Waals surface area (Å²) in [6, 6.07) is 5.15. The van der Waals surface area contributed by atoms with Gasteiger partial charge in [0.2, 0.25) is 0 Å². The molecule has 0 amide bonds. The van der Waals surface area contributed by atoms with Gasteiger partial charge < -0.3 is 9.72 Å². The summed E-state index contributed by atoms with van der Waals surface area (Å²) in [5.74, 6) is 0.619. The molecule has 7 nitrogen and oxygen atoms in total. The fourth-order valence-corrected chi connectivity index (χ4v) is 1.86. The number of hydrogen-bond acceptors (Lipinski definition) is 5. The fourth-order valence-electron chi connectivity index (χ4n) is 1.86. The molecule has 0 fully saturated rings. The Balaban J connectivity index is 2.51. The van der Waals surface area contributed by atoms with Crippen LogP contribution in [0, 0.1) is 0 Å². The number of benzene rings is 1. The van der Waals surface area contributed by atoms with E-state index >= 15 is 0 Å². The highest BCUT2D eigenvalue weighted by Crippen LogP contribution is 2.18. The molecule has 0 saturated carbocycles. The number of carbonyl (C=O) groups excluding carboxylic acids is 1. The van der Waals surface area contributed by atoms with Crippen LogP contribution in [0.5, 0.6) is 5.75 Å². The van der Waals surface area contributed by atoms with Gasteiger partial charge in [-0.1, -0.05) is 5.21 Å². The van der Waals surface area contributed by atoms with Crippen LogP contribution in [0.3, 0.4) is 0 Å². The van der Waals surface area contributed by atoms with E-state index in [0.29, 0.717) is 23.1 Å². The lowest BCUT2D eigenvalue weighted by molar-refractivity contribution is 0.112. The van der Waals surface area contributed by atoms with Crippen LogP contribution in [-0.4, -0.2) is 33.2 Å². The van der Waals surface area contributed by atoms with Gasteiger partial charge >= 0.3 is 0 Å². The van der Waals surface area contributed by atoms with Crippen LogP contribution >= 0.6 is 0 Å². The third-order valence-corrected chi connectivity index (χ3v) is 2.70. The first-order valence-corrected chi connectivity index (χ1v) is 5.15. The second-order valence-corrected chi connectivity index (χ2v) is 3.69. The molecule has 0 radical (unpaired) electrons. The van der Waals surface area contributed by atoms with E-state index in [9.17, 15) is 9.59 Å². The molecule has 3 aromatic rings. The minimum absolute atomic E-state index is 0.0222. The topological polar surface area (TPSA) is 89.4 Å². The zero-order chi connectivity index (χ0) is 12.7. The van der Waals surface area contributed by atoms with Crippen molar-refractivity contribution in [3.8, 4) is 5.75 Å². The Hall–Kier alpha value is -2.70. The Morgan fingerprint density at radius 2 is 2.28 bits per heavy atom. The molecule has 0 saturated heterocycles. The lowest BCUT2D eigenvalue weighted by Crippen LogP contribution is -2.11. The van der Waals surface area contributed by atoms with Crippen molar-refractivity contribution >= 4 is 22.8 Å². The van der Waals surface area contributed by atoms with Gasteiger partial charge in [0.05, 0.1) is 18.1 Å². The summed E-state index contributed by atoms with van der Waals surface area (Å²) in [4.78, 5) is 25.3. The summed E-state index contributed by atoms with van der Waals surface area (Å²) in [7, 11) is 1.54. The number of aromatic nitrogens is 4. The molecule has 3 rings (SSSR count). The highest BCUT2D eigenvalue weighted by molar-refractivity contribution is 5.86. The Labute approximate surface area is 100.0 Å². The molecular formula is C11H8N4O3. The molecule has 90 valence electrons. The zero-order valence-electron chi connectivity index (χ0n) is 9.38. The number of H-pyrrole nitrogens is 1. The van der Waals surface area contributed by atoms with Crippen LogP contribution < -0.4 is 10.3 Å². The van der Waals surface area contributed by atoms with Gasteiger partial charge in [-0.2, -0.15) is 0 Å². The number of aromatic amines is 1. The van der Waals surface area contributed by atoms with E-state index < -0.39 is 5.56 Å². The molecule has 0 atom stereocenters. The molecule has 7 heteroatoms. The third-order valence-electron chi connectivity index (χ3n) is 2.70. The summed E-state index contributed by atoms with van der Waals surface area (Å²) in [5.41, 5.74) is 0.958. The number of methoxy groups -OCH3 is 1. The van der Waals surface area contributed by atoms with Crippen molar-refractivity contribution in [1.29, 1.82) is 0 Å². The first-order valence-electron chi connectivity index (χ1n) is 5.15. The minimum Gasteiger partial charge on any atom is -0.497 e. The molecule has 0 aliphatic carbocycles. The number of fused-ring (bicyclic) bond motifs is 3. The number of rotatable bonds is 2. The van der Waals surface area contributed by atoms with E-state index in [1.807, 2.05) is 0 Å². The first-order chi connectivity index (χ1) is 8.74. The largest absolute Gasteiger partial charge is 0.497 e. The van der Waals surface area contributed by atoms with Gasteiger partial charge in [0.1, 0.15) is 5.75 Å². The van der Waals surface area contributed by atoms with E-state index in [2.05, 4.69) is 15.3 Å². The molecule has 0 unspecified atom stereocenters. The highest BCUT2D eigenvalue weighted by Gasteiger charge is 2.12. The van der Waals surface area contributed by atoms with Crippen molar-refractivity contribution in [2.75, 3.05) is 7.11 Å². The quantitative estimate of drug-likeness (QED) is 0.659. The summed E-state index contributed by atoms with van der Waals surface area (Å²) < 4.78 is 6.42. The molecule has 1 aromatic carbocycles. The fraction of sp³-hybridized carbons (Fsp3) is 0.0909. The number of ether oxygens (including phenoxy) is 1. The van der Waals surface area contributed by atoms with Crippen molar-refractivity contribution in [3.05, 3.63) is 34.2 Å². The summed E-state index contributed by atoms with van der Waals surface area (Å²) in [6.07, 6.45) is 0.507. The molecule has 2 heterocycles. The van der Waals surface area contributed by atoms with Crippen molar-refractivity contribution in [2.24, 2.45) is 0 Å². The maximum absolute atomic E-state index is 11.9. The van der Waals surface area contributed by atoms with Gasteiger partial charge in [-0.15, -0.1) is 5.10 Å². The van der Waals surface area contributed by atoms with Crippen LogP contribution in [0.15, 0.2) is 23.0 Å². The monoisotopic (exact) mass is 244 g/mol. The highest BCUT2D eigenvalue weighted by atomic mass is 16.5.